The fourth-order valence-electron chi connectivity index (χ4n) is 2.76. The molecule has 7 heteroatoms. The molecule has 1 aromatic rings. The van der Waals surface area contributed by atoms with Gasteiger partial charge in [0.2, 0.25) is 5.91 Å². The fourth-order valence-corrected chi connectivity index (χ4v) is 2.95. The van der Waals surface area contributed by atoms with Crippen LogP contribution in [0.1, 0.15) is 23.2 Å². The van der Waals surface area contributed by atoms with E-state index < -0.39 is 0 Å². The van der Waals surface area contributed by atoms with E-state index in [0.29, 0.717) is 43.3 Å². The molecule has 1 aliphatic rings. The Morgan fingerprint density at radius 3 is 2.62 bits per heavy atom. The molecule has 1 fully saturated rings. The van der Waals surface area contributed by atoms with Gasteiger partial charge in [-0.15, -0.1) is 0 Å². The van der Waals surface area contributed by atoms with Crippen molar-refractivity contribution in [1.82, 2.24) is 9.80 Å². The molecule has 1 aliphatic heterocycles. The highest BCUT2D eigenvalue weighted by Crippen LogP contribution is 2.15. The van der Waals surface area contributed by atoms with Crippen LogP contribution in [0.2, 0.25) is 5.02 Å². The van der Waals surface area contributed by atoms with Crippen LogP contribution in [0.3, 0.4) is 0 Å². The summed E-state index contributed by atoms with van der Waals surface area (Å²) in [5.74, 6) is -0.0344. The zero-order chi connectivity index (χ0) is 17.5. The molecule has 2 N–H and O–H groups in total. The molecule has 2 amide bonds. The maximum Gasteiger partial charge on any atom is 0.253 e. The van der Waals surface area contributed by atoms with Crippen LogP contribution in [0.4, 0.5) is 0 Å². The number of benzene rings is 1. The smallest absolute Gasteiger partial charge is 0.253 e. The fraction of sp³-hybridized carbons (Fsp3) is 0.529. The lowest BCUT2D eigenvalue weighted by atomic mass is 10.2. The molecule has 1 heterocycles. The molecule has 1 saturated heterocycles. The predicted molar refractivity (Wildman–Crippen MR) is 93.0 cm³/mol. The van der Waals surface area contributed by atoms with E-state index in [4.69, 9.17) is 22.1 Å². The average Bonchev–Trinajstić information content (AvgIpc) is 2.85. The molecule has 1 atom stereocenters. The second kappa shape index (κ2) is 9.01. The number of rotatable bonds is 5. The first-order chi connectivity index (χ1) is 11.5. The minimum absolute atomic E-state index is 0.0179. The molecule has 0 spiro atoms. The van der Waals surface area contributed by atoms with E-state index in [0.717, 1.165) is 6.42 Å². The number of nitrogens with two attached hydrogens (primary N) is 1. The van der Waals surface area contributed by atoms with Gasteiger partial charge in [-0.1, -0.05) is 17.7 Å². The Balaban J connectivity index is 1.95. The monoisotopic (exact) mass is 353 g/mol. The number of carbonyl (C=O) groups excluding carboxylic acids is 2. The molecule has 1 unspecified atom stereocenters. The lowest BCUT2D eigenvalue weighted by molar-refractivity contribution is -0.133. The number of hydrogen-bond acceptors (Lipinski definition) is 4. The molecular formula is C17H24ClN3O3. The summed E-state index contributed by atoms with van der Waals surface area (Å²) in [6, 6.07) is 6.93. The van der Waals surface area contributed by atoms with Crippen LogP contribution in [0.5, 0.6) is 0 Å². The first-order valence-electron chi connectivity index (χ1n) is 8.10. The van der Waals surface area contributed by atoms with Crippen molar-refractivity contribution in [1.29, 1.82) is 0 Å². The lowest BCUT2D eigenvalue weighted by Crippen LogP contribution is -2.39. The highest BCUT2D eigenvalue weighted by Gasteiger charge is 2.24. The minimum Gasteiger partial charge on any atom is -0.380 e. The number of methoxy groups -OCH3 is 1. The van der Waals surface area contributed by atoms with Gasteiger partial charge in [-0.3, -0.25) is 9.59 Å². The summed E-state index contributed by atoms with van der Waals surface area (Å²) in [7, 11) is 1.55. The third kappa shape index (κ3) is 4.93. The van der Waals surface area contributed by atoms with Crippen LogP contribution in [-0.2, 0) is 9.53 Å². The Morgan fingerprint density at radius 1 is 1.25 bits per heavy atom. The van der Waals surface area contributed by atoms with Gasteiger partial charge < -0.3 is 20.3 Å². The summed E-state index contributed by atoms with van der Waals surface area (Å²) in [5.41, 5.74) is 6.14. The van der Waals surface area contributed by atoms with E-state index in [1.807, 2.05) is 0 Å². The molecule has 1 aromatic carbocycles. The predicted octanol–water partition coefficient (Wildman–Crippen LogP) is 1.38. The Kier molecular flexibility index (Phi) is 7.02. The van der Waals surface area contributed by atoms with Gasteiger partial charge in [0, 0.05) is 50.4 Å². The maximum absolute atomic E-state index is 12.6. The normalized spacial score (nSPS) is 16.6. The summed E-state index contributed by atoms with van der Waals surface area (Å²) >= 11 is 5.96. The molecule has 0 bridgehead atoms. The molecule has 0 aliphatic carbocycles. The average molecular weight is 354 g/mol. The first kappa shape index (κ1) is 18.7. The van der Waals surface area contributed by atoms with Crippen LogP contribution >= 0.6 is 11.6 Å². The Bertz CT molecular complexity index is 578. The van der Waals surface area contributed by atoms with Crippen LogP contribution in [0.15, 0.2) is 24.3 Å². The van der Waals surface area contributed by atoms with Crippen molar-refractivity contribution in [2.24, 2.45) is 5.73 Å². The quantitative estimate of drug-likeness (QED) is 0.867. The number of hydrogen-bond donors (Lipinski definition) is 1. The van der Waals surface area contributed by atoms with E-state index >= 15 is 0 Å². The largest absolute Gasteiger partial charge is 0.380 e. The van der Waals surface area contributed by atoms with Gasteiger partial charge in [-0.05, 0) is 24.6 Å². The molecule has 24 heavy (non-hydrogen) atoms. The van der Waals surface area contributed by atoms with Gasteiger partial charge in [0.25, 0.3) is 5.91 Å². The van der Waals surface area contributed by atoms with E-state index in [9.17, 15) is 9.59 Å². The number of amides is 2. The van der Waals surface area contributed by atoms with Crippen molar-refractivity contribution in [3.63, 3.8) is 0 Å². The third-order valence-corrected chi connectivity index (χ3v) is 4.44. The van der Waals surface area contributed by atoms with Gasteiger partial charge in [-0.2, -0.15) is 0 Å². The number of carbonyl (C=O) groups is 2. The van der Waals surface area contributed by atoms with E-state index in [-0.39, 0.29) is 24.3 Å². The maximum atomic E-state index is 12.6. The topological polar surface area (TPSA) is 75.9 Å². The summed E-state index contributed by atoms with van der Waals surface area (Å²) in [5, 5.41) is 0.542. The van der Waals surface area contributed by atoms with Crippen LogP contribution in [0, 0.1) is 0 Å². The van der Waals surface area contributed by atoms with E-state index in [1.54, 1.807) is 41.2 Å². The number of halogens is 1. The molecule has 6 nitrogen and oxygen atoms in total. The molecule has 0 radical (unpaired) electrons. The van der Waals surface area contributed by atoms with Gasteiger partial charge in [0.05, 0.1) is 12.5 Å². The number of nitrogens with zero attached hydrogens (tertiary/aromatic N) is 2. The lowest BCUT2D eigenvalue weighted by Gasteiger charge is -2.23. The van der Waals surface area contributed by atoms with Crippen molar-refractivity contribution < 1.29 is 14.3 Å². The van der Waals surface area contributed by atoms with Crippen LogP contribution in [-0.4, -0.2) is 67.6 Å². The summed E-state index contributed by atoms with van der Waals surface area (Å²) in [6.07, 6.45) is 0.762. The van der Waals surface area contributed by atoms with Crippen molar-refractivity contribution >= 4 is 23.4 Å². The Hall–Kier alpha value is -1.63. The Morgan fingerprint density at radius 2 is 1.96 bits per heavy atom. The van der Waals surface area contributed by atoms with Gasteiger partial charge in [-0.25, -0.2) is 0 Å². The van der Waals surface area contributed by atoms with Crippen molar-refractivity contribution in [2.45, 2.75) is 18.9 Å². The van der Waals surface area contributed by atoms with Gasteiger partial charge >= 0.3 is 0 Å². The standard InChI is InChI=1S/C17H24ClN3O3/c1-24-15(12-19)11-16(22)20-6-3-7-21(9-8-20)17(23)13-4-2-5-14(18)10-13/h2,4-5,10,15H,3,6-9,11-12,19H2,1H3. The SMILES string of the molecule is COC(CN)CC(=O)N1CCCN(C(=O)c2cccc(Cl)c2)CC1. The molecule has 0 saturated carbocycles. The molecular weight excluding hydrogens is 330 g/mol. The molecule has 0 aromatic heterocycles. The van der Waals surface area contributed by atoms with E-state index in [2.05, 4.69) is 0 Å². The van der Waals surface area contributed by atoms with Crippen LogP contribution in [0.25, 0.3) is 0 Å². The second-order valence-electron chi connectivity index (χ2n) is 5.83. The highest BCUT2D eigenvalue weighted by molar-refractivity contribution is 6.30. The second-order valence-corrected chi connectivity index (χ2v) is 6.27. The van der Waals surface area contributed by atoms with Crippen molar-refractivity contribution in [2.75, 3.05) is 39.8 Å². The zero-order valence-corrected chi connectivity index (χ0v) is 14.7. The minimum atomic E-state index is -0.259. The van der Waals surface area contributed by atoms with Crippen molar-refractivity contribution in [3.8, 4) is 0 Å². The molecule has 132 valence electrons. The van der Waals surface area contributed by atoms with Crippen molar-refractivity contribution in [3.05, 3.63) is 34.9 Å². The van der Waals surface area contributed by atoms with Gasteiger partial charge in [0.15, 0.2) is 0 Å². The summed E-state index contributed by atoms with van der Waals surface area (Å²) in [4.78, 5) is 28.5. The summed E-state index contributed by atoms with van der Waals surface area (Å²) < 4.78 is 5.17. The van der Waals surface area contributed by atoms with E-state index in [1.165, 1.54) is 0 Å². The van der Waals surface area contributed by atoms with Crippen LogP contribution < -0.4 is 5.73 Å². The molecule has 2 rings (SSSR count). The number of ether oxygens (including phenoxy) is 1. The first-order valence-corrected chi connectivity index (χ1v) is 8.48. The Labute approximate surface area is 147 Å². The summed E-state index contributed by atoms with van der Waals surface area (Å²) in [6.45, 7) is 2.61. The highest BCUT2D eigenvalue weighted by atomic mass is 35.5. The zero-order valence-electron chi connectivity index (χ0n) is 13.9. The third-order valence-electron chi connectivity index (χ3n) is 4.21. The van der Waals surface area contributed by atoms with Gasteiger partial charge in [0.1, 0.15) is 0 Å².